The third-order valence-electron chi connectivity index (χ3n) is 5.59. The molecule has 2 aliphatic carbocycles. The Bertz CT molecular complexity index is 759. The van der Waals surface area contributed by atoms with E-state index in [9.17, 15) is 15.2 Å². The maximum absolute atomic E-state index is 11.6. The summed E-state index contributed by atoms with van der Waals surface area (Å²) in [6, 6.07) is 1.48. The number of nitro benzene ring substituents is 1. The van der Waals surface area contributed by atoms with Crippen molar-refractivity contribution in [2.24, 2.45) is 11.8 Å². The molecule has 6 heteroatoms. The van der Waals surface area contributed by atoms with Crippen molar-refractivity contribution in [2.45, 2.75) is 37.6 Å². The van der Waals surface area contributed by atoms with Crippen LogP contribution in [0.2, 0.25) is 5.02 Å². The van der Waals surface area contributed by atoms with Crippen LogP contribution in [0, 0.1) is 22.0 Å². The van der Waals surface area contributed by atoms with Crippen LogP contribution in [-0.4, -0.2) is 16.1 Å². The molecular formula is C18H19ClN2O3. The summed E-state index contributed by atoms with van der Waals surface area (Å²) in [7, 11) is 0. The molecule has 126 valence electrons. The summed E-state index contributed by atoms with van der Waals surface area (Å²) < 4.78 is 0. The van der Waals surface area contributed by atoms with Gasteiger partial charge in [-0.3, -0.25) is 10.1 Å². The van der Waals surface area contributed by atoms with Crippen molar-refractivity contribution in [2.75, 3.05) is 5.32 Å². The molecule has 0 aromatic heterocycles. The molecule has 1 aromatic rings. The van der Waals surface area contributed by atoms with Gasteiger partial charge in [0.15, 0.2) is 0 Å². The van der Waals surface area contributed by atoms with Gasteiger partial charge in [0.1, 0.15) is 10.8 Å². The lowest BCUT2D eigenvalue weighted by Crippen LogP contribution is -2.42. The Morgan fingerprint density at radius 2 is 2.12 bits per heavy atom. The zero-order valence-electron chi connectivity index (χ0n) is 13.1. The van der Waals surface area contributed by atoms with E-state index >= 15 is 0 Å². The van der Waals surface area contributed by atoms with E-state index in [2.05, 4.69) is 23.5 Å². The van der Waals surface area contributed by atoms with E-state index in [1.54, 1.807) is 0 Å². The van der Waals surface area contributed by atoms with Crippen LogP contribution in [0.15, 0.2) is 30.4 Å². The second kappa shape index (κ2) is 5.81. The molecule has 0 saturated heterocycles. The molecule has 0 saturated carbocycles. The first-order chi connectivity index (χ1) is 11.6. The van der Waals surface area contributed by atoms with Crippen molar-refractivity contribution in [3.8, 4) is 5.75 Å². The van der Waals surface area contributed by atoms with Gasteiger partial charge in [0.2, 0.25) is 0 Å². The van der Waals surface area contributed by atoms with Gasteiger partial charge < -0.3 is 10.4 Å². The number of nitro groups is 1. The molecule has 0 amide bonds. The fraction of sp³-hybridized carbons (Fsp3) is 0.444. The van der Waals surface area contributed by atoms with Gasteiger partial charge >= 0.3 is 0 Å². The predicted octanol–water partition coefficient (Wildman–Crippen LogP) is 4.76. The molecule has 4 atom stereocenters. The summed E-state index contributed by atoms with van der Waals surface area (Å²) in [4.78, 5) is 11.1. The molecule has 1 heterocycles. The van der Waals surface area contributed by atoms with Crippen LogP contribution < -0.4 is 5.32 Å². The number of anilines is 1. The van der Waals surface area contributed by atoms with Gasteiger partial charge in [-0.25, -0.2) is 0 Å². The Balaban J connectivity index is 1.84. The molecule has 1 aromatic carbocycles. The Morgan fingerprint density at radius 1 is 1.29 bits per heavy atom. The SMILES string of the molecule is O=[N+]([O-])c1c(Cl)cc(O)c2c1[C@H]1C=CC[C@@H]1[C@H]([C@H]1CC=CCC1)N2. The quantitative estimate of drug-likeness (QED) is 0.350. The first-order valence-electron chi connectivity index (χ1n) is 8.36. The van der Waals surface area contributed by atoms with Crippen molar-refractivity contribution in [1.82, 2.24) is 0 Å². The van der Waals surface area contributed by atoms with Crippen LogP contribution in [-0.2, 0) is 0 Å². The van der Waals surface area contributed by atoms with Crippen molar-refractivity contribution in [3.63, 3.8) is 0 Å². The van der Waals surface area contributed by atoms with E-state index in [0.29, 0.717) is 17.2 Å². The monoisotopic (exact) mass is 346 g/mol. The first kappa shape index (κ1) is 15.5. The first-order valence-corrected chi connectivity index (χ1v) is 8.73. The maximum atomic E-state index is 11.6. The Labute approximate surface area is 145 Å². The van der Waals surface area contributed by atoms with E-state index in [0.717, 1.165) is 25.7 Å². The Morgan fingerprint density at radius 3 is 2.83 bits per heavy atom. The lowest BCUT2D eigenvalue weighted by molar-refractivity contribution is -0.385. The van der Waals surface area contributed by atoms with E-state index in [1.807, 2.05) is 6.08 Å². The van der Waals surface area contributed by atoms with Gasteiger partial charge in [-0.1, -0.05) is 35.9 Å². The van der Waals surface area contributed by atoms with Crippen molar-refractivity contribution < 1.29 is 10.0 Å². The molecule has 0 fully saturated rings. The van der Waals surface area contributed by atoms with Crippen molar-refractivity contribution in [3.05, 3.63) is 51.1 Å². The van der Waals surface area contributed by atoms with Crippen molar-refractivity contribution >= 4 is 23.0 Å². The maximum Gasteiger partial charge on any atom is 0.293 e. The number of phenolic OH excluding ortho intramolecular Hbond substituents is 1. The van der Waals surface area contributed by atoms with E-state index < -0.39 is 4.92 Å². The van der Waals surface area contributed by atoms with Crippen LogP contribution in [0.25, 0.3) is 0 Å². The summed E-state index contributed by atoms with van der Waals surface area (Å²) in [5, 5.41) is 25.4. The average molecular weight is 347 g/mol. The van der Waals surface area contributed by atoms with Crippen LogP contribution in [0.1, 0.15) is 37.2 Å². The van der Waals surface area contributed by atoms with Gasteiger partial charge in [-0.15, -0.1) is 0 Å². The minimum Gasteiger partial charge on any atom is -0.506 e. The third-order valence-corrected chi connectivity index (χ3v) is 5.88. The summed E-state index contributed by atoms with van der Waals surface area (Å²) in [5.74, 6) is 0.674. The van der Waals surface area contributed by atoms with Gasteiger partial charge in [-0.05, 0) is 37.5 Å². The highest BCUT2D eigenvalue weighted by molar-refractivity contribution is 6.33. The van der Waals surface area contributed by atoms with Gasteiger partial charge in [0.25, 0.3) is 5.69 Å². The van der Waals surface area contributed by atoms with E-state index in [4.69, 9.17) is 11.6 Å². The molecule has 0 radical (unpaired) electrons. The fourth-order valence-corrected chi connectivity index (χ4v) is 4.82. The minimum atomic E-state index is -0.435. The molecule has 0 unspecified atom stereocenters. The topological polar surface area (TPSA) is 75.4 Å². The fourth-order valence-electron chi connectivity index (χ4n) is 4.54. The van der Waals surface area contributed by atoms with E-state index in [1.165, 1.54) is 6.07 Å². The number of hydrogen-bond acceptors (Lipinski definition) is 4. The molecular weight excluding hydrogens is 328 g/mol. The number of benzene rings is 1. The zero-order chi connectivity index (χ0) is 16.8. The van der Waals surface area contributed by atoms with Crippen LogP contribution in [0.4, 0.5) is 11.4 Å². The third kappa shape index (κ3) is 2.30. The van der Waals surface area contributed by atoms with Crippen LogP contribution >= 0.6 is 11.6 Å². The lowest BCUT2D eigenvalue weighted by Gasteiger charge is -2.41. The molecule has 3 aliphatic rings. The van der Waals surface area contributed by atoms with Crippen LogP contribution in [0.3, 0.4) is 0 Å². The Hall–Kier alpha value is -2.01. The second-order valence-corrected chi connectivity index (χ2v) is 7.25. The minimum absolute atomic E-state index is 0.00357. The molecule has 2 N–H and O–H groups in total. The normalized spacial score (nSPS) is 30.5. The number of aromatic hydroxyl groups is 1. The van der Waals surface area contributed by atoms with Crippen LogP contribution in [0.5, 0.6) is 5.75 Å². The number of rotatable bonds is 2. The second-order valence-electron chi connectivity index (χ2n) is 6.84. The van der Waals surface area contributed by atoms with Crippen molar-refractivity contribution in [1.29, 1.82) is 0 Å². The molecule has 5 nitrogen and oxygen atoms in total. The molecule has 4 rings (SSSR count). The summed E-state index contributed by atoms with van der Waals surface area (Å²) in [6.07, 6.45) is 12.6. The van der Waals surface area contributed by atoms with E-state index in [-0.39, 0.29) is 34.3 Å². The number of nitrogens with one attached hydrogen (secondary N) is 1. The smallest absolute Gasteiger partial charge is 0.293 e. The molecule has 0 bridgehead atoms. The number of nitrogens with zero attached hydrogens (tertiary/aromatic N) is 1. The highest BCUT2D eigenvalue weighted by Crippen LogP contribution is 2.54. The standard InChI is InChI=1S/C18H19ClN2O3/c19-13-9-14(22)17-15(18(13)21(23)24)11-7-4-8-12(11)16(20-17)10-5-2-1-3-6-10/h1-2,4,7,9-12,16,20,22H,3,5-6,8H2/t10-,11-,12-,16-/m0/s1. The highest BCUT2D eigenvalue weighted by atomic mass is 35.5. The van der Waals surface area contributed by atoms with Gasteiger partial charge in [0.05, 0.1) is 16.2 Å². The Kier molecular flexibility index (Phi) is 3.76. The number of allylic oxidation sites excluding steroid dienone is 4. The number of fused-ring (bicyclic) bond motifs is 3. The summed E-state index contributed by atoms with van der Waals surface area (Å²) in [5.41, 5.74) is 0.935. The summed E-state index contributed by atoms with van der Waals surface area (Å²) >= 11 is 6.07. The molecule has 24 heavy (non-hydrogen) atoms. The predicted molar refractivity (Wildman–Crippen MR) is 93.7 cm³/mol. The largest absolute Gasteiger partial charge is 0.506 e. The average Bonchev–Trinajstić information content (AvgIpc) is 3.04. The highest BCUT2D eigenvalue weighted by Gasteiger charge is 2.45. The van der Waals surface area contributed by atoms with Gasteiger partial charge in [-0.2, -0.15) is 0 Å². The molecule has 0 spiro atoms. The number of hydrogen-bond donors (Lipinski definition) is 2. The molecule has 1 aliphatic heterocycles. The number of phenols is 1. The van der Waals surface area contributed by atoms with Gasteiger partial charge in [0, 0.05) is 18.0 Å². The lowest BCUT2D eigenvalue weighted by atomic mass is 9.71. The zero-order valence-corrected chi connectivity index (χ0v) is 13.9. The number of halogens is 1. The summed E-state index contributed by atoms with van der Waals surface area (Å²) in [6.45, 7) is 0.